The van der Waals surface area contributed by atoms with E-state index in [1.54, 1.807) is 0 Å². The van der Waals surface area contributed by atoms with Crippen molar-refractivity contribution < 1.29 is 9.53 Å². The first-order valence-corrected chi connectivity index (χ1v) is 8.78. The van der Waals surface area contributed by atoms with Crippen LogP contribution in [0.1, 0.15) is 66.2 Å². The molecule has 1 aliphatic heterocycles. The van der Waals surface area contributed by atoms with Gasteiger partial charge in [0.2, 0.25) is 0 Å². The average molecular weight is 302 g/mol. The molecular formula is C20H30O2. The van der Waals surface area contributed by atoms with Crippen molar-refractivity contribution in [3.8, 4) is 0 Å². The molecule has 3 aliphatic rings. The number of hydrogen-bond acceptors (Lipinski definition) is 2. The number of carbonyl (C=O) groups excluding carboxylic acids is 1. The smallest absolute Gasteiger partial charge is 0.139 e. The highest BCUT2D eigenvalue weighted by Crippen LogP contribution is 2.56. The topological polar surface area (TPSA) is 29.6 Å². The van der Waals surface area contributed by atoms with Gasteiger partial charge in [0, 0.05) is 11.8 Å². The summed E-state index contributed by atoms with van der Waals surface area (Å²) < 4.78 is 6.03. The van der Waals surface area contributed by atoms with E-state index in [1.165, 1.54) is 11.1 Å². The third-order valence-electron chi connectivity index (χ3n) is 6.61. The van der Waals surface area contributed by atoms with E-state index in [0.29, 0.717) is 24.0 Å². The Morgan fingerprint density at radius 1 is 1.41 bits per heavy atom. The number of hydrogen-bond donors (Lipinski definition) is 0. The molecule has 22 heavy (non-hydrogen) atoms. The molecule has 0 spiro atoms. The second-order valence-corrected chi connectivity index (χ2v) is 8.36. The Labute approximate surface area is 135 Å². The molecule has 1 saturated carbocycles. The fourth-order valence-corrected chi connectivity index (χ4v) is 4.77. The molecule has 5 atom stereocenters. The molecule has 0 amide bonds. The van der Waals surface area contributed by atoms with Crippen LogP contribution in [0.3, 0.4) is 0 Å². The summed E-state index contributed by atoms with van der Waals surface area (Å²) in [4.78, 5) is 12.8. The third kappa shape index (κ3) is 2.60. The van der Waals surface area contributed by atoms with Gasteiger partial charge in [0.15, 0.2) is 0 Å². The van der Waals surface area contributed by atoms with Crippen molar-refractivity contribution >= 4 is 5.78 Å². The predicted molar refractivity (Wildman–Crippen MR) is 89.6 cm³/mol. The van der Waals surface area contributed by atoms with E-state index >= 15 is 0 Å². The number of carbonyl (C=O) groups is 1. The number of ketones is 1. The maximum atomic E-state index is 12.8. The van der Waals surface area contributed by atoms with Crippen LogP contribution in [0.2, 0.25) is 0 Å². The second kappa shape index (κ2) is 5.33. The lowest BCUT2D eigenvalue weighted by atomic mass is 9.69. The fraction of sp³-hybridized carbons (Fsp3) is 0.750. The van der Waals surface area contributed by atoms with Crippen LogP contribution in [0, 0.1) is 17.3 Å². The molecule has 0 aromatic rings. The third-order valence-corrected chi connectivity index (χ3v) is 6.61. The highest BCUT2D eigenvalue weighted by atomic mass is 16.6. The molecule has 3 rings (SSSR count). The lowest BCUT2D eigenvalue weighted by Gasteiger charge is -2.33. The Hall–Kier alpha value is -0.890. The number of epoxide rings is 1. The monoisotopic (exact) mass is 302 g/mol. The van der Waals surface area contributed by atoms with Gasteiger partial charge in [-0.2, -0.15) is 0 Å². The summed E-state index contributed by atoms with van der Waals surface area (Å²) >= 11 is 0. The first-order chi connectivity index (χ1) is 10.3. The number of allylic oxidation sites excluding steroid dienone is 3. The van der Waals surface area contributed by atoms with Crippen molar-refractivity contribution in [1.29, 1.82) is 0 Å². The standard InChI is InChI=1S/C20H30O2/c1-13(2)15-11-17(21)19(4)12-18-20(5,22-18)10-6-7-14(3)8-9-16(15)19/h7,15-16,18H,1,6,8-12H2,2-5H3/t15-,16+,18+,19-,20+/m1/s1. The summed E-state index contributed by atoms with van der Waals surface area (Å²) in [5.74, 6) is 1.22. The van der Waals surface area contributed by atoms with E-state index in [1.807, 2.05) is 0 Å². The van der Waals surface area contributed by atoms with Crippen LogP contribution in [-0.4, -0.2) is 17.5 Å². The Morgan fingerprint density at radius 3 is 2.82 bits per heavy atom. The van der Waals surface area contributed by atoms with Gasteiger partial charge in [-0.25, -0.2) is 0 Å². The Bertz CT molecular complexity index is 532. The van der Waals surface area contributed by atoms with E-state index < -0.39 is 0 Å². The summed E-state index contributed by atoms with van der Waals surface area (Å²) in [6.45, 7) is 12.9. The van der Waals surface area contributed by atoms with Crippen LogP contribution < -0.4 is 0 Å². The van der Waals surface area contributed by atoms with Gasteiger partial charge in [-0.05, 0) is 64.7 Å². The van der Waals surface area contributed by atoms with E-state index in [4.69, 9.17) is 4.74 Å². The molecule has 1 heterocycles. The van der Waals surface area contributed by atoms with Gasteiger partial charge in [-0.1, -0.05) is 30.7 Å². The summed E-state index contributed by atoms with van der Waals surface area (Å²) in [7, 11) is 0. The minimum absolute atomic E-state index is 0.00370. The number of rotatable bonds is 1. The minimum atomic E-state index is -0.226. The maximum absolute atomic E-state index is 12.8. The highest BCUT2D eigenvalue weighted by molar-refractivity contribution is 5.88. The number of ether oxygens (including phenoxy) is 1. The summed E-state index contributed by atoms with van der Waals surface area (Å²) in [6, 6.07) is 0. The molecule has 1 saturated heterocycles. The zero-order valence-corrected chi connectivity index (χ0v) is 14.6. The number of fused-ring (bicyclic) bond motifs is 2. The van der Waals surface area contributed by atoms with Crippen molar-refractivity contribution in [2.24, 2.45) is 17.3 Å². The number of Topliss-reactive ketones (excluding diaryl/α,β-unsaturated/α-hetero) is 1. The molecule has 0 unspecified atom stereocenters. The van der Waals surface area contributed by atoms with Crippen molar-refractivity contribution in [2.45, 2.75) is 77.9 Å². The van der Waals surface area contributed by atoms with Crippen molar-refractivity contribution in [3.05, 3.63) is 23.8 Å². The Morgan fingerprint density at radius 2 is 2.14 bits per heavy atom. The zero-order chi connectivity index (χ0) is 16.1. The summed E-state index contributed by atoms with van der Waals surface area (Å²) in [5.41, 5.74) is 2.41. The van der Waals surface area contributed by atoms with E-state index in [-0.39, 0.29) is 17.1 Å². The van der Waals surface area contributed by atoms with Crippen LogP contribution in [0.25, 0.3) is 0 Å². The highest BCUT2D eigenvalue weighted by Gasteiger charge is 2.59. The molecule has 2 heteroatoms. The molecule has 0 aromatic carbocycles. The van der Waals surface area contributed by atoms with Crippen LogP contribution in [-0.2, 0) is 9.53 Å². The first kappa shape index (κ1) is 16.0. The van der Waals surface area contributed by atoms with Gasteiger partial charge in [-0.3, -0.25) is 4.79 Å². The van der Waals surface area contributed by atoms with Crippen LogP contribution in [0.4, 0.5) is 0 Å². The van der Waals surface area contributed by atoms with Gasteiger partial charge in [0.1, 0.15) is 5.78 Å². The van der Waals surface area contributed by atoms with Crippen LogP contribution in [0.15, 0.2) is 23.8 Å². The van der Waals surface area contributed by atoms with E-state index in [2.05, 4.69) is 40.3 Å². The largest absolute Gasteiger partial charge is 0.366 e. The van der Waals surface area contributed by atoms with Gasteiger partial charge in [-0.15, -0.1) is 0 Å². The van der Waals surface area contributed by atoms with E-state index in [0.717, 1.165) is 32.1 Å². The average Bonchev–Trinajstić information content (AvgIpc) is 2.97. The molecule has 2 aliphatic carbocycles. The lowest BCUT2D eigenvalue weighted by Crippen LogP contribution is -2.33. The zero-order valence-electron chi connectivity index (χ0n) is 14.6. The quantitative estimate of drug-likeness (QED) is 0.512. The van der Waals surface area contributed by atoms with Crippen molar-refractivity contribution in [3.63, 3.8) is 0 Å². The van der Waals surface area contributed by atoms with Gasteiger partial charge >= 0.3 is 0 Å². The minimum Gasteiger partial charge on any atom is -0.366 e. The maximum Gasteiger partial charge on any atom is 0.139 e. The molecule has 2 nitrogen and oxygen atoms in total. The summed E-state index contributed by atoms with van der Waals surface area (Å²) in [5, 5.41) is 0. The SMILES string of the molecule is C=C(C)[C@H]1CC(=O)[C@]2(C)C[C@@H]3O[C@@]3(C)CCC=C(C)CC[C@@H]12. The van der Waals surface area contributed by atoms with Gasteiger partial charge < -0.3 is 4.74 Å². The molecule has 0 N–H and O–H groups in total. The molecule has 2 fully saturated rings. The Kier molecular flexibility index (Phi) is 3.87. The molecule has 0 radical (unpaired) electrons. The van der Waals surface area contributed by atoms with Crippen LogP contribution in [0.5, 0.6) is 0 Å². The fourth-order valence-electron chi connectivity index (χ4n) is 4.77. The molecular weight excluding hydrogens is 272 g/mol. The predicted octanol–water partition coefficient (Wildman–Crippen LogP) is 4.84. The summed E-state index contributed by atoms with van der Waals surface area (Å²) in [6.07, 6.45) is 8.61. The molecule has 0 aromatic heterocycles. The van der Waals surface area contributed by atoms with Crippen molar-refractivity contribution in [2.75, 3.05) is 0 Å². The molecule has 122 valence electrons. The van der Waals surface area contributed by atoms with Crippen LogP contribution >= 0.6 is 0 Å². The molecule has 0 bridgehead atoms. The van der Waals surface area contributed by atoms with E-state index in [9.17, 15) is 4.79 Å². The lowest BCUT2D eigenvalue weighted by molar-refractivity contribution is -0.127. The normalized spacial score (nSPS) is 45.4. The second-order valence-electron chi connectivity index (χ2n) is 8.36. The first-order valence-electron chi connectivity index (χ1n) is 8.78. The van der Waals surface area contributed by atoms with Crippen molar-refractivity contribution in [1.82, 2.24) is 0 Å². The van der Waals surface area contributed by atoms with Gasteiger partial charge in [0.25, 0.3) is 0 Å². The Balaban J connectivity index is 1.92. The van der Waals surface area contributed by atoms with Gasteiger partial charge in [0.05, 0.1) is 11.7 Å².